The Balaban J connectivity index is 0. The number of hydrogen-bond donors (Lipinski definition) is 0. The molecule has 0 rings (SSSR count). The van der Waals surface area contributed by atoms with E-state index in [1.165, 1.54) is 6.92 Å². The van der Waals surface area contributed by atoms with Crippen LogP contribution < -0.4 is 0 Å². The van der Waals surface area contributed by atoms with Crippen molar-refractivity contribution >= 4 is 18.4 Å². The molecular weight excluding hydrogens is 171 g/mol. The molecule has 0 bridgehead atoms. The molecule has 10 heavy (non-hydrogen) atoms. The molecule has 0 spiro atoms. The van der Waals surface area contributed by atoms with Crippen LogP contribution in [0.2, 0.25) is 0 Å². The maximum absolute atomic E-state index is 10.5. The fourth-order valence-corrected chi connectivity index (χ4v) is 0.286. The van der Waals surface area contributed by atoms with Crippen LogP contribution in [0.15, 0.2) is 0 Å². The first-order valence-corrected chi connectivity index (χ1v) is 2.50. The topological polar surface area (TPSA) is 51.2 Å². The van der Waals surface area contributed by atoms with Gasteiger partial charge in [0.15, 0.2) is 0 Å². The molecule has 4 heteroatoms. The van der Waals surface area contributed by atoms with E-state index in [2.05, 4.69) is 0 Å². The third-order valence-electron chi connectivity index (χ3n) is 0.885. The average Bonchev–Trinajstić information content (AvgIpc) is 1.87. The minimum Gasteiger partial charge on any atom is -0.338 e. The van der Waals surface area contributed by atoms with Crippen molar-refractivity contribution in [1.82, 2.24) is 0 Å². The first-order chi connectivity index (χ1) is 4.22. The average molecular weight is 178 g/mol. The predicted octanol–water partition coefficient (Wildman–Crippen LogP) is -0.209. The number of rotatable bonds is 4. The first-order valence-electron chi connectivity index (χ1n) is 2.50. The van der Waals surface area contributed by atoms with Crippen molar-refractivity contribution < 1.29 is 32.9 Å². The second kappa shape index (κ2) is 6.58. The molecule has 55 valence electrons. The van der Waals surface area contributed by atoms with Crippen LogP contribution >= 0.6 is 0 Å². The summed E-state index contributed by atoms with van der Waals surface area (Å²) in [7, 11) is 0. The van der Waals surface area contributed by atoms with Gasteiger partial charge >= 0.3 is 0 Å². The number of Topliss-reactive ketones (excluding diaryl/α,β-unsaturated/α-hetero) is 1. The Hall–Kier alpha value is -0.536. The van der Waals surface area contributed by atoms with Crippen LogP contribution in [0, 0.1) is 12.3 Å². The SMILES string of the molecule is CC(C=O)C(=O)[CH-]C=O.[V]. The van der Waals surface area contributed by atoms with E-state index >= 15 is 0 Å². The maximum atomic E-state index is 10.5. The fourth-order valence-electron chi connectivity index (χ4n) is 0.286. The number of carbonyl (C=O) groups excluding carboxylic acids is 3. The Morgan fingerprint density at radius 1 is 1.50 bits per heavy atom. The number of aldehydes is 2. The van der Waals surface area contributed by atoms with Crippen LogP contribution in [-0.2, 0) is 32.9 Å². The van der Waals surface area contributed by atoms with Gasteiger partial charge in [-0.25, -0.2) is 0 Å². The van der Waals surface area contributed by atoms with Gasteiger partial charge in [0.2, 0.25) is 0 Å². The Bertz CT molecular complexity index is 133. The Labute approximate surface area is 71.1 Å². The molecule has 0 aliphatic carbocycles. The second-order valence-electron chi connectivity index (χ2n) is 1.63. The summed E-state index contributed by atoms with van der Waals surface area (Å²) in [6.07, 6.45) is 1.73. The maximum Gasteiger partial charge on any atom is 0.127 e. The summed E-state index contributed by atoms with van der Waals surface area (Å²) < 4.78 is 0. The Kier molecular flexibility index (Phi) is 8.01. The summed E-state index contributed by atoms with van der Waals surface area (Å²) in [5, 5.41) is 0. The van der Waals surface area contributed by atoms with E-state index in [9.17, 15) is 14.4 Å². The van der Waals surface area contributed by atoms with Crippen molar-refractivity contribution in [3.8, 4) is 0 Å². The van der Waals surface area contributed by atoms with E-state index in [1.807, 2.05) is 0 Å². The van der Waals surface area contributed by atoms with E-state index in [-0.39, 0.29) is 18.6 Å². The number of carbonyl (C=O) groups is 3. The van der Waals surface area contributed by atoms with Gasteiger partial charge in [0.25, 0.3) is 0 Å². The largest absolute Gasteiger partial charge is 0.338 e. The predicted molar refractivity (Wildman–Crippen MR) is 30.6 cm³/mol. The minimum absolute atomic E-state index is 0. The van der Waals surface area contributed by atoms with Crippen LogP contribution in [0.5, 0.6) is 0 Å². The molecule has 1 unspecified atom stereocenters. The molecule has 0 fully saturated rings. The molecule has 0 N–H and O–H groups in total. The summed E-state index contributed by atoms with van der Waals surface area (Å²) in [4.78, 5) is 30.0. The molecule has 0 amide bonds. The van der Waals surface area contributed by atoms with Gasteiger partial charge in [-0.1, -0.05) is 6.92 Å². The van der Waals surface area contributed by atoms with Crippen LogP contribution in [0.1, 0.15) is 6.92 Å². The van der Waals surface area contributed by atoms with Gasteiger partial charge < -0.3 is 14.4 Å². The Morgan fingerprint density at radius 3 is 2.30 bits per heavy atom. The summed E-state index contributed by atoms with van der Waals surface area (Å²) in [5.41, 5.74) is 0. The minimum atomic E-state index is -0.685. The summed E-state index contributed by atoms with van der Waals surface area (Å²) in [6, 6.07) is 0. The van der Waals surface area contributed by atoms with E-state index in [0.29, 0.717) is 12.6 Å². The monoisotopic (exact) mass is 178 g/mol. The van der Waals surface area contributed by atoms with Gasteiger partial charge in [-0.15, -0.1) is 0 Å². The van der Waals surface area contributed by atoms with E-state index in [1.54, 1.807) is 0 Å². The number of ketones is 1. The van der Waals surface area contributed by atoms with Gasteiger partial charge in [-0.3, -0.25) is 6.42 Å². The van der Waals surface area contributed by atoms with Crippen molar-refractivity contribution in [2.75, 3.05) is 0 Å². The van der Waals surface area contributed by atoms with Gasteiger partial charge in [0.1, 0.15) is 6.29 Å². The molecule has 0 aromatic rings. The molecular formula is C6H7O3V-. The normalized spacial score (nSPS) is 10.5. The van der Waals surface area contributed by atoms with E-state index < -0.39 is 11.7 Å². The van der Waals surface area contributed by atoms with Gasteiger partial charge in [0, 0.05) is 30.3 Å². The molecule has 0 saturated carbocycles. The Morgan fingerprint density at radius 2 is 2.00 bits per heavy atom. The van der Waals surface area contributed by atoms with E-state index in [0.717, 1.165) is 6.42 Å². The van der Waals surface area contributed by atoms with Crippen molar-refractivity contribution in [3.05, 3.63) is 6.42 Å². The first kappa shape index (κ1) is 12.2. The van der Waals surface area contributed by atoms with Crippen LogP contribution in [0.4, 0.5) is 0 Å². The zero-order chi connectivity index (χ0) is 7.28. The van der Waals surface area contributed by atoms with Crippen molar-refractivity contribution in [2.24, 2.45) is 5.92 Å². The van der Waals surface area contributed by atoms with Crippen LogP contribution in [-0.4, -0.2) is 18.4 Å². The third kappa shape index (κ3) is 4.35. The molecule has 0 aromatic heterocycles. The molecule has 1 radical (unpaired) electrons. The summed E-state index contributed by atoms with van der Waals surface area (Å²) >= 11 is 0. The molecule has 0 aromatic carbocycles. The van der Waals surface area contributed by atoms with E-state index in [4.69, 9.17) is 0 Å². The van der Waals surface area contributed by atoms with Gasteiger partial charge in [-0.2, -0.15) is 0 Å². The second-order valence-corrected chi connectivity index (χ2v) is 1.63. The van der Waals surface area contributed by atoms with Crippen LogP contribution in [0.25, 0.3) is 0 Å². The zero-order valence-electron chi connectivity index (χ0n) is 5.48. The molecule has 1 atom stereocenters. The molecule has 0 aliphatic rings. The quantitative estimate of drug-likeness (QED) is 0.340. The number of hydrogen-bond acceptors (Lipinski definition) is 3. The van der Waals surface area contributed by atoms with Crippen molar-refractivity contribution in [1.29, 1.82) is 0 Å². The zero-order valence-corrected chi connectivity index (χ0v) is 6.88. The van der Waals surface area contributed by atoms with Crippen LogP contribution in [0.3, 0.4) is 0 Å². The van der Waals surface area contributed by atoms with Gasteiger partial charge in [-0.05, 0) is 6.29 Å². The molecule has 0 heterocycles. The van der Waals surface area contributed by atoms with Crippen molar-refractivity contribution in [2.45, 2.75) is 6.92 Å². The standard InChI is InChI=1S/C6H7O3.V/c1-5(4-8)6(9)2-3-7;/h2-5H,1H3;/q-1;. The molecule has 3 nitrogen and oxygen atoms in total. The van der Waals surface area contributed by atoms with Gasteiger partial charge in [0.05, 0.1) is 0 Å². The molecule has 0 aliphatic heterocycles. The third-order valence-corrected chi connectivity index (χ3v) is 0.885. The molecule has 0 saturated heterocycles. The fraction of sp³-hybridized carbons (Fsp3) is 0.333. The smallest absolute Gasteiger partial charge is 0.127 e. The summed E-state index contributed by atoms with van der Waals surface area (Å²) in [5.74, 6) is -1.13. The van der Waals surface area contributed by atoms with Crippen molar-refractivity contribution in [3.63, 3.8) is 0 Å². The summed E-state index contributed by atoms with van der Waals surface area (Å²) in [6.45, 7) is 1.44.